The van der Waals surface area contributed by atoms with E-state index in [-0.39, 0.29) is 11.9 Å². The van der Waals surface area contributed by atoms with Gasteiger partial charge in [0.1, 0.15) is 11.6 Å². The summed E-state index contributed by atoms with van der Waals surface area (Å²) in [6.45, 7) is 14.9. The number of Topliss-reactive ketones (excluding diaryl/α,β-unsaturated/α-hetero) is 1. The van der Waals surface area contributed by atoms with Crippen LogP contribution in [0.25, 0.3) is 5.70 Å². The van der Waals surface area contributed by atoms with E-state index in [2.05, 4.69) is 13.2 Å². The minimum atomic E-state index is -0.345. The van der Waals surface area contributed by atoms with Crippen LogP contribution >= 0.6 is 0 Å². The molecule has 0 atom stereocenters. The molecule has 4 heteroatoms. The van der Waals surface area contributed by atoms with E-state index in [1.54, 1.807) is 18.2 Å². The molecule has 0 aromatic heterocycles. The van der Waals surface area contributed by atoms with Crippen LogP contribution in [0, 0.1) is 12.7 Å². The number of rotatable bonds is 7. The van der Waals surface area contributed by atoms with E-state index in [0.717, 1.165) is 35.3 Å². The standard InChI is InChI=1S/C22H27FN2O.C7H10/c1-5-6-15(3)21(16(4)25-17-8-10-18(26)11-9-17)22(24)19-12-7-14(2)13-20(19)23;1-3-5-7-6-4-2/h5-7,12-13,17H,1,8-11,24H2,2-4H3;3-7H,1H2,2H3/b15-6-,22-21-,25-16?;6-4-,7-5-. The monoisotopic (exact) mass is 448 g/mol. The van der Waals surface area contributed by atoms with Gasteiger partial charge in [0.2, 0.25) is 0 Å². The van der Waals surface area contributed by atoms with Crippen molar-refractivity contribution in [3.63, 3.8) is 0 Å². The highest BCUT2D eigenvalue weighted by Crippen LogP contribution is 2.26. The Kier molecular flexibility index (Phi) is 12.4. The van der Waals surface area contributed by atoms with Gasteiger partial charge in [-0.25, -0.2) is 4.39 Å². The summed E-state index contributed by atoms with van der Waals surface area (Å²) in [6, 6.07) is 5.13. The summed E-state index contributed by atoms with van der Waals surface area (Å²) in [4.78, 5) is 16.2. The molecule has 1 aromatic rings. The zero-order valence-corrected chi connectivity index (χ0v) is 20.4. The maximum absolute atomic E-state index is 14.4. The predicted molar refractivity (Wildman–Crippen MR) is 141 cm³/mol. The van der Waals surface area contributed by atoms with Crippen molar-refractivity contribution in [3.05, 3.63) is 102 Å². The Labute approximate surface area is 198 Å². The third-order valence-corrected chi connectivity index (χ3v) is 5.25. The number of benzene rings is 1. The minimum absolute atomic E-state index is 0.106. The normalized spacial score (nSPS) is 16.5. The van der Waals surface area contributed by atoms with Crippen LogP contribution in [0.2, 0.25) is 0 Å². The Bertz CT molecular complexity index is 983. The van der Waals surface area contributed by atoms with Crippen LogP contribution in [0.1, 0.15) is 57.6 Å². The molecule has 1 aromatic carbocycles. The molecule has 176 valence electrons. The number of halogens is 1. The molecule has 0 bridgehead atoms. The molecule has 0 spiro atoms. The lowest BCUT2D eigenvalue weighted by Crippen LogP contribution is -2.19. The average Bonchev–Trinajstić information content (AvgIpc) is 2.76. The van der Waals surface area contributed by atoms with E-state index < -0.39 is 0 Å². The van der Waals surface area contributed by atoms with Crippen molar-refractivity contribution in [2.24, 2.45) is 10.7 Å². The van der Waals surface area contributed by atoms with Gasteiger partial charge in [0.25, 0.3) is 0 Å². The fourth-order valence-corrected chi connectivity index (χ4v) is 3.57. The Hall–Kier alpha value is -3.27. The van der Waals surface area contributed by atoms with E-state index in [0.29, 0.717) is 29.9 Å². The molecule has 0 unspecified atom stereocenters. The van der Waals surface area contributed by atoms with Gasteiger partial charge in [-0.05, 0) is 63.8 Å². The second kappa shape index (κ2) is 14.7. The van der Waals surface area contributed by atoms with Gasteiger partial charge in [0.05, 0.1) is 11.7 Å². The Balaban J connectivity index is 0.000000675. The minimum Gasteiger partial charge on any atom is -0.398 e. The van der Waals surface area contributed by atoms with Crippen molar-refractivity contribution >= 4 is 17.2 Å². The largest absolute Gasteiger partial charge is 0.398 e. The van der Waals surface area contributed by atoms with Crippen LogP contribution < -0.4 is 5.73 Å². The third-order valence-electron chi connectivity index (χ3n) is 5.25. The van der Waals surface area contributed by atoms with Crippen molar-refractivity contribution in [2.75, 3.05) is 0 Å². The molecule has 1 saturated carbocycles. The molecule has 33 heavy (non-hydrogen) atoms. The van der Waals surface area contributed by atoms with Gasteiger partial charge in [0.15, 0.2) is 0 Å². The summed E-state index contributed by atoms with van der Waals surface area (Å²) >= 11 is 0. The lowest BCUT2D eigenvalue weighted by atomic mass is 9.93. The van der Waals surface area contributed by atoms with E-state index in [9.17, 15) is 9.18 Å². The van der Waals surface area contributed by atoms with Crippen LogP contribution in [-0.2, 0) is 4.79 Å². The summed E-state index contributed by atoms with van der Waals surface area (Å²) in [5.41, 5.74) is 10.3. The summed E-state index contributed by atoms with van der Waals surface area (Å²) < 4.78 is 14.4. The lowest BCUT2D eigenvalue weighted by Gasteiger charge is -2.20. The average molecular weight is 449 g/mol. The molecule has 2 rings (SSSR count). The fraction of sp³-hybridized carbons (Fsp3) is 0.310. The van der Waals surface area contributed by atoms with Crippen LogP contribution in [0.5, 0.6) is 0 Å². The number of allylic oxidation sites excluding steroid dienone is 9. The number of ketones is 1. The molecule has 1 aliphatic carbocycles. The zero-order chi connectivity index (χ0) is 24.8. The predicted octanol–water partition coefficient (Wildman–Crippen LogP) is 7.21. The zero-order valence-electron chi connectivity index (χ0n) is 20.4. The first-order chi connectivity index (χ1) is 15.7. The highest BCUT2D eigenvalue weighted by molar-refractivity contribution is 6.08. The van der Waals surface area contributed by atoms with Crippen LogP contribution in [0.15, 0.2) is 90.0 Å². The van der Waals surface area contributed by atoms with Crippen molar-refractivity contribution in [3.8, 4) is 0 Å². The Morgan fingerprint density at radius 2 is 1.79 bits per heavy atom. The molecular weight excluding hydrogens is 411 g/mol. The van der Waals surface area contributed by atoms with Gasteiger partial charge in [-0.2, -0.15) is 0 Å². The first-order valence-electron chi connectivity index (χ1n) is 11.3. The van der Waals surface area contributed by atoms with Gasteiger partial charge in [-0.1, -0.05) is 61.8 Å². The number of carbonyl (C=O) groups is 1. The number of hydrogen-bond acceptors (Lipinski definition) is 3. The Morgan fingerprint density at radius 3 is 2.33 bits per heavy atom. The van der Waals surface area contributed by atoms with Crippen molar-refractivity contribution in [1.29, 1.82) is 0 Å². The number of hydrogen-bond donors (Lipinski definition) is 1. The second-order valence-corrected chi connectivity index (χ2v) is 7.99. The topological polar surface area (TPSA) is 55.5 Å². The van der Waals surface area contributed by atoms with Gasteiger partial charge in [0, 0.05) is 29.7 Å². The molecule has 0 amide bonds. The molecule has 0 aliphatic heterocycles. The molecule has 2 N–H and O–H groups in total. The van der Waals surface area contributed by atoms with E-state index in [1.165, 1.54) is 6.07 Å². The Morgan fingerprint density at radius 1 is 1.12 bits per heavy atom. The highest BCUT2D eigenvalue weighted by Gasteiger charge is 2.20. The number of aliphatic imine (C=N–C) groups is 1. The lowest BCUT2D eigenvalue weighted by molar-refractivity contribution is -0.120. The van der Waals surface area contributed by atoms with Crippen molar-refractivity contribution in [1.82, 2.24) is 0 Å². The SMILES string of the molecule is C=C/C=C(C)\C(C(C)=NC1CCC(=O)CC1)=C(\N)c1ccc(C)cc1F.C=C/C=C\C=C/C. The smallest absolute Gasteiger partial charge is 0.133 e. The van der Waals surface area contributed by atoms with Gasteiger partial charge >= 0.3 is 0 Å². The van der Waals surface area contributed by atoms with Crippen molar-refractivity contribution < 1.29 is 9.18 Å². The van der Waals surface area contributed by atoms with Crippen LogP contribution in [0.3, 0.4) is 0 Å². The summed E-state index contributed by atoms with van der Waals surface area (Å²) in [7, 11) is 0. The third kappa shape index (κ3) is 9.40. The number of nitrogens with two attached hydrogens (primary N) is 1. The van der Waals surface area contributed by atoms with Crippen LogP contribution in [-0.4, -0.2) is 17.5 Å². The molecule has 1 fully saturated rings. The molecule has 0 radical (unpaired) electrons. The molecular formula is C29H37FN2O. The van der Waals surface area contributed by atoms with E-state index in [4.69, 9.17) is 10.7 Å². The number of nitrogens with zero attached hydrogens (tertiary/aromatic N) is 1. The van der Waals surface area contributed by atoms with Crippen molar-refractivity contribution in [2.45, 2.75) is 59.4 Å². The van der Waals surface area contributed by atoms with E-state index >= 15 is 0 Å². The maximum atomic E-state index is 14.4. The molecule has 0 heterocycles. The number of aryl methyl sites for hydroxylation is 1. The quantitative estimate of drug-likeness (QED) is 0.354. The molecule has 0 saturated heterocycles. The van der Waals surface area contributed by atoms with E-state index in [1.807, 2.05) is 64.1 Å². The summed E-state index contributed by atoms with van der Waals surface area (Å²) in [5, 5.41) is 0. The maximum Gasteiger partial charge on any atom is 0.133 e. The first kappa shape index (κ1) is 27.8. The highest BCUT2D eigenvalue weighted by atomic mass is 19.1. The first-order valence-corrected chi connectivity index (χ1v) is 11.3. The summed E-state index contributed by atoms with van der Waals surface area (Å²) in [6.07, 6.45) is 15.7. The molecule has 3 nitrogen and oxygen atoms in total. The second-order valence-electron chi connectivity index (χ2n) is 7.99. The molecule has 1 aliphatic rings. The van der Waals surface area contributed by atoms with Gasteiger partial charge in [-0.3, -0.25) is 9.79 Å². The summed E-state index contributed by atoms with van der Waals surface area (Å²) in [5.74, 6) is -0.0451. The van der Waals surface area contributed by atoms with Crippen LogP contribution in [0.4, 0.5) is 4.39 Å². The van der Waals surface area contributed by atoms with Gasteiger partial charge in [-0.15, -0.1) is 0 Å². The van der Waals surface area contributed by atoms with Gasteiger partial charge < -0.3 is 5.73 Å². The fourth-order valence-electron chi connectivity index (χ4n) is 3.57. The number of carbonyl (C=O) groups excluding carboxylic acids is 1.